The van der Waals surface area contributed by atoms with Crippen LogP contribution in [0.5, 0.6) is 0 Å². The normalized spacial score (nSPS) is 28.5. The van der Waals surface area contributed by atoms with Crippen molar-refractivity contribution in [1.29, 1.82) is 5.26 Å². The van der Waals surface area contributed by atoms with E-state index in [1.54, 1.807) is 12.4 Å². The van der Waals surface area contributed by atoms with E-state index in [1.165, 1.54) is 25.7 Å². The van der Waals surface area contributed by atoms with Crippen LogP contribution in [0.4, 0.5) is 0 Å². The molecule has 3 saturated carbocycles. The number of hydrogen-bond donors (Lipinski definition) is 1. The van der Waals surface area contributed by atoms with Crippen LogP contribution >= 0.6 is 0 Å². The van der Waals surface area contributed by atoms with Crippen molar-refractivity contribution in [2.75, 3.05) is 13.1 Å². The van der Waals surface area contributed by atoms with Crippen molar-refractivity contribution in [3.63, 3.8) is 0 Å². The zero-order chi connectivity index (χ0) is 28.0. The first kappa shape index (κ1) is 27.3. The minimum absolute atomic E-state index is 0.0931. The molecule has 206 valence electrons. The second kappa shape index (κ2) is 10.0. The topological polar surface area (TPSA) is 112 Å². The number of amides is 2. The third kappa shape index (κ3) is 4.82. The average Bonchev–Trinajstić information content (AvgIpc) is 3.89. The van der Waals surface area contributed by atoms with Gasteiger partial charge in [0.2, 0.25) is 12.3 Å². The fourth-order valence-electron chi connectivity index (χ4n) is 7.03. The van der Waals surface area contributed by atoms with Crippen LogP contribution in [0.1, 0.15) is 64.0 Å². The largest absolute Gasteiger partial charge is 0.371 e. The maximum atomic E-state index is 12.4. The van der Waals surface area contributed by atoms with E-state index in [2.05, 4.69) is 42.0 Å². The number of carbonyl (C=O) groups is 3. The highest BCUT2D eigenvalue weighted by Gasteiger charge is 2.62. The Balaban J connectivity index is 0.000000151. The molecule has 8 heteroatoms. The molecule has 1 aliphatic heterocycles. The van der Waals surface area contributed by atoms with Crippen molar-refractivity contribution in [2.24, 2.45) is 23.2 Å². The first-order valence-electron chi connectivity index (χ1n) is 14.0. The van der Waals surface area contributed by atoms with Crippen molar-refractivity contribution in [2.45, 2.75) is 76.5 Å². The number of nitriles is 1. The van der Waals surface area contributed by atoms with Gasteiger partial charge in [-0.15, -0.1) is 0 Å². The summed E-state index contributed by atoms with van der Waals surface area (Å²) < 4.78 is 6.23. The summed E-state index contributed by atoms with van der Waals surface area (Å²) in [7, 11) is 0. The Kier molecular flexibility index (Phi) is 7.00. The van der Waals surface area contributed by atoms with Gasteiger partial charge in [-0.2, -0.15) is 5.26 Å². The maximum Gasteiger partial charge on any atom is 0.225 e. The number of fused-ring (bicyclic) bond motifs is 1. The Hall–Kier alpha value is -3.31. The molecule has 0 bridgehead atoms. The molecule has 4 aliphatic carbocycles. The number of aromatic nitrogens is 1. The predicted molar refractivity (Wildman–Crippen MR) is 146 cm³/mol. The summed E-state index contributed by atoms with van der Waals surface area (Å²) in [6.45, 7) is 10.7. The second-order valence-electron chi connectivity index (χ2n) is 12.5. The third-order valence-corrected chi connectivity index (χ3v) is 9.72. The fraction of sp³-hybridized carbons (Fsp3) is 0.581. The summed E-state index contributed by atoms with van der Waals surface area (Å²) in [4.78, 5) is 37.3. The summed E-state index contributed by atoms with van der Waals surface area (Å²) in [5.41, 5.74) is 1.59. The lowest BCUT2D eigenvalue weighted by Gasteiger charge is -2.26. The third-order valence-electron chi connectivity index (χ3n) is 9.72. The summed E-state index contributed by atoms with van der Waals surface area (Å²) in [6, 6.07) is 8.09. The summed E-state index contributed by atoms with van der Waals surface area (Å²) in [5, 5.41) is 14.0. The number of likely N-dealkylation sites (tertiary alicyclic amines) is 1. The number of carbonyl (C=O) groups excluding carboxylic acids is 3. The molecule has 1 N–H and O–H groups in total. The second-order valence-corrected chi connectivity index (χ2v) is 12.5. The zero-order valence-electron chi connectivity index (χ0n) is 23.1. The number of piperidine rings is 1. The standard InChI is InChI=1S/C17H27NO2.C13H9N3O.CH2O/c1-11(20-17(6-7-17)12-4-5-12)8-15(19)18-9-13-14(10-18)16(13,2)3;14-7-13(16-8-17)4-9-2-1-3-10-5-15-6-11(13)12(9)10;1-2/h11-14H,4-10H2,1-3H3;1-3,5-6,8H,4H2,(H,16,17);1H2/t11-,13?,14?;;/m1../s1. The molecule has 2 heterocycles. The molecule has 5 aliphatic rings. The van der Waals surface area contributed by atoms with Crippen LogP contribution in [-0.4, -0.2) is 53.8 Å². The molecule has 39 heavy (non-hydrogen) atoms. The smallest absolute Gasteiger partial charge is 0.225 e. The first-order valence-corrected chi connectivity index (χ1v) is 14.0. The summed E-state index contributed by atoms with van der Waals surface area (Å²) >= 11 is 0. The Morgan fingerprint density at radius 3 is 2.54 bits per heavy atom. The minimum atomic E-state index is -0.960. The number of rotatable bonds is 7. The van der Waals surface area contributed by atoms with Crippen LogP contribution in [0.25, 0.3) is 10.8 Å². The number of pyridine rings is 1. The maximum absolute atomic E-state index is 12.4. The molecule has 1 aromatic carbocycles. The van der Waals surface area contributed by atoms with Gasteiger partial charge in [0.05, 0.1) is 24.2 Å². The Morgan fingerprint density at radius 1 is 1.26 bits per heavy atom. The molecule has 7 rings (SSSR count). The molecule has 1 aromatic heterocycles. The molecule has 0 radical (unpaired) electrons. The van der Waals surface area contributed by atoms with Gasteiger partial charge < -0.3 is 19.7 Å². The van der Waals surface area contributed by atoms with Crippen molar-refractivity contribution >= 4 is 29.9 Å². The molecule has 8 nitrogen and oxygen atoms in total. The lowest BCUT2D eigenvalue weighted by molar-refractivity contribution is -0.135. The van der Waals surface area contributed by atoms with Gasteiger partial charge in [0.25, 0.3) is 0 Å². The highest BCUT2D eigenvalue weighted by atomic mass is 16.5. The van der Waals surface area contributed by atoms with Gasteiger partial charge in [-0.05, 0) is 66.7 Å². The Morgan fingerprint density at radius 2 is 1.95 bits per heavy atom. The van der Waals surface area contributed by atoms with Gasteiger partial charge in [-0.1, -0.05) is 32.0 Å². The summed E-state index contributed by atoms with van der Waals surface area (Å²) in [6.07, 6.45) is 10.3. The van der Waals surface area contributed by atoms with Crippen LogP contribution in [-0.2, 0) is 31.1 Å². The molecular formula is C31H38N4O4. The zero-order valence-corrected chi connectivity index (χ0v) is 23.1. The van der Waals surface area contributed by atoms with Crippen LogP contribution < -0.4 is 5.32 Å². The van der Waals surface area contributed by atoms with E-state index in [9.17, 15) is 14.9 Å². The van der Waals surface area contributed by atoms with Crippen LogP contribution in [0.2, 0.25) is 0 Å². The Bertz CT molecular complexity index is 1290. The van der Waals surface area contributed by atoms with E-state index in [0.717, 1.165) is 52.7 Å². The SMILES string of the molecule is C=O.C[C@H](CC(=O)N1CC2C(C1)C2(C)C)OC1(C2CC2)CC1.N#CC1(NC=O)Cc2cccc3cncc1c23. The van der Waals surface area contributed by atoms with Gasteiger partial charge in [-0.3, -0.25) is 14.6 Å². The number of ether oxygens (including phenoxy) is 1. The number of hydrogen-bond acceptors (Lipinski definition) is 6. The molecule has 2 aromatic rings. The van der Waals surface area contributed by atoms with E-state index in [4.69, 9.17) is 9.53 Å². The molecule has 3 unspecified atom stereocenters. The van der Waals surface area contributed by atoms with Gasteiger partial charge >= 0.3 is 0 Å². The van der Waals surface area contributed by atoms with Crippen LogP contribution in [0.3, 0.4) is 0 Å². The van der Waals surface area contributed by atoms with Gasteiger partial charge in [0.15, 0.2) is 5.54 Å². The molecule has 1 saturated heterocycles. The molecule has 4 atom stereocenters. The van der Waals surface area contributed by atoms with Crippen LogP contribution in [0, 0.1) is 34.5 Å². The molecular weight excluding hydrogens is 492 g/mol. The van der Waals surface area contributed by atoms with E-state index >= 15 is 0 Å². The molecule has 2 amide bonds. The van der Waals surface area contributed by atoms with Gasteiger partial charge in [-0.25, -0.2) is 0 Å². The molecule has 0 spiro atoms. The minimum Gasteiger partial charge on any atom is -0.371 e. The fourth-order valence-corrected chi connectivity index (χ4v) is 7.03. The molecule has 4 fully saturated rings. The van der Waals surface area contributed by atoms with Crippen molar-refractivity contribution < 1.29 is 19.1 Å². The quantitative estimate of drug-likeness (QED) is 0.543. The van der Waals surface area contributed by atoms with E-state index < -0.39 is 5.54 Å². The number of benzene rings is 1. The summed E-state index contributed by atoms with van der Waals surface area (Å²) in [5.74, 6) is 2.63. The van der Waals surface area contributed by atoms with Crippen molar-refractivity contribution in [3.05, 3.63) is 41.7 Å². The highest BCUT2D eigenvalue weighted by Crippen LogP contribution is 2.62. The van der Waals surface area contributed by atoms with Crippen molar-refractivity contribution in [1.82, 2.24) is 15.2 Å². The van der Waals surface area contributed by atoms with Crippen LogP contribution in [0.15, 0.2) is 30.6 Å². The van der Waals surface area contributed by atoms with Gasteiger partial charge in [0.1, 0.15) is 6.79 Å². The Labute approximate surface area is 230 Å². The lowest BCUT2D eigenvalue weighted by Crippen LogP contribution is -2.40. The van der Waals surface area contributed by atoms with Crippen molar-refractivity contribution in [3.8, 4) is 6.07 Å². The van der Waals surface area contributed by atoms with E-state index in [-0.39, 0.29) is 11.7 Å². The lowest BCUT2D eigenvalue weighted by atomic mass is 9.94. The van der Waals surface area contributed by atoms with E-state index in [1.807, 2.05) is 25.0 Å². The average molecular weight is 531 g/mol. The highest BCUT2D eigenvalue weighted by molar-refractivity contribution is 5.92. The predicted octanol–water partition coefficient (Wildman–Crippen LogP) is 3.91. The number of nitrogens with one attached hydrogen (secondary N) is 1. The number of nitrogens with zero attached hydrogens (tertiary/aromatic N) is 3. The van der Waals surface area contributed by atoms with Gasteiger partial charge in [0, 0.05) is 42.9 Å². The first-order chi connectivity index (χ1) is 18.7. The van der Waals surface area contributed by atoms with E-state index in [0.29, 0.717) is 30.6 Å². The monoisotopic (exact) mass is 530 g/mol.